The molecular formula is C23H25F3N4O4. The third-order valence-electron chi connectivity index (χ3n) is 5.47. The Bertz CT molecular complexity index is 1020. The Labute approximate surface area is 194 Å². The number of amidine groups is 1. The van der Waals surface area contributed by atoms with E-state index in [1.807, 2.05) is 11.8 Å². The van der Waals surface area contributed by atoms with Gasteiger partial charge in [-0.1, -0.05) is 0 Å². The molecule has 8 nitrogen and oxygen atoms in total. The van der Waals surface area contributed by atoms with E-state index < -0.39 is 12.1 Å². The lowest BCUT2D eigenvalue weighted by atomic mass is 10.0. The number of rotatable bonds is 7. The first-order valence-corrected chi connectivity index (χ1v) is 10.9. The number of amides is 1. The summed E-state index contributed by atoms with van der Waals surface area (Å²) in [6.45, 7) is 3.94. The second-order valence-corrected chi connectivity index (χ2v) is 7.96. The average molecular weight is 478 g/mol. The number of piperidine rings is 1. The molecule has 1 spiro atoms. The normalized spacial score (nSPS) is 17.7. The number of aliphatic imine (C=N–C) groups is 1. The molecule has 1 saturated heterocycles. The quantitative estimate of drug-likeness (QED) is 0.632. The summed E-state index contributed by atoms with van der Waals surface area (Å²) in [4.78, 5) is 24.8. The van der Waals surface area contributed by atoms with Crippen molar-refractivity contribution in [2.45, 2.75) is 31.9 Å². The van der Waals surface area contributed by atoms with Crippen molar-refractivity contribution in [1.29, 1.82) is 0 Å². The minimum Gasteiger partial charge on any atom is -0.494 e. The van der Waals surface area contributed by atoms with Crippen LogP contribution in [0.3, 0.4) is 0 Å². The van der Waals surface area contributed by atoms with Crippen LogP contribution in [0.2, 0.25) is 0 Å². The van der Waals surface area contributed by atoms with E-state index in [1.165, 1.54) is 24.3 Å². The smallest absolute Gasteiger partial charge is 0.494 e. The zero-order valence-corrected chi connectivity index (χ0v) is 18.5. The van der Waals surface area contributed by atoms with E-state index in [-0.39, 0.29) is 18.2 Å². The standard InChI is InChI=1S/C23H25F3N4O4/c1-2-32-18-9-5-17(6-10-18)27-20(31)15-30-13-11-22(12-14-30)28-21(29-34-22)16-3-7-19(8-4-16)33-23(24,25)26/h3-10H,2,11-15H2,1H3,(H,27,31)(H,28,29). The Hall–Kier alpha value is -3.31. The van der Waals surface area contributed by atoms with Crippen molar-refractivity contribution in [1.82, 2.24) is 10.4 Å². The van der Waals surface area contributed by atoms with Gasteiger partial charge in [-0.25, -0.2) is 15.3 Å². The molecule has 0 radical (unpaired) electrons. The fourth-order valence-corrected chi connectivity index (χ4v) is 3.81. The van der Waals surface area contributed by atoms with Gasteiger partial charge in [0.1, 0.15) is 11.5 Å². The molecule has 2 N–H and O–H groups in total. The highest BCUT2D eigenvalue weighted by molar-refractivity contribution is 5.99. The van der Waals surface area contributed by atoms with E-state index in [2.05, 4.69) is 20.5 Å². The number of likely N-dealkylation sites (tertiary alicyclic amines) is 1. The molecule has 0 aliphatic carbocycles. The Kier molecular flexibility index (Phi) is 6.94. The van der Waals surface area contributed by atoms with E-state index in [0.717, 1.165) is 5.75 Å². The zero-order valence-electron chi connectivity index (χ0n) is 18.5. The van der Waals surface area contributed by atoms with Gasteiger partial charge >= 0.3 is 6.36 Å². The third kappa shape index (κ3) is 6.17. The summed E-state index contributed by atoms with van der Waals surface area (Å²) in [5.41, 5.74) is 3.30. The maximum absolute atomic E-state index is 12.4. The predicted molar refractivity (Wildman–Crippen MR) is 119 cm³/mol. The lowest BCUT2D eigenvalue weighted by molar-refractivity contribution is -0.274. The summed E-state index contributed by atoms with van der Waals surface area (Å²) in [5, 5.41) is 2.88. The Morgan fingerprint density at radius 3 is 2.38 bits per heavy atom. The first kappa shape index (κ1) is 23.8. The molecule has 2 heterocycles. The predicted octanol–water partition coefficient (Wildman–Crippen LogP) is 3.70. The number of ether oxygens (including phenoxy) is 2. The summed E-state index contributed by atoms with van der Waals surface area (Å²) in [6, 6.07) is 12.6. The highest BCUT2D eigenvalue weighted by atomic mass is 19.4. The number of nitrogens with zero attached hydrogens (tertiary/aromatic N) is 2. The first-order chi connectivity index (χ1) is 16.2. The van der Waals surface area contributed by atoms with Crippen LogP contribution in [-0.4, -0.2) is 55.0 Å². The molecule has 0 bridgehead atoms. The van der Waals surface area contributed by atoms with Crippen LogP contribution >= 0.6 is 0 Å². The minimum atomic E-state index is -4.74. The number of hydroxylamine groups is 1. The SMILES string of the molecule is CCOc1ccc(NC(=O)CN2CCC3(CC2)N=C(c2ccc(OC(F)(F)F)cc2)NO3)cc1. The molecule has 34 heavy (non-hydrogen) atoms. The minimum absolute atomic E-state index is 0.115. The molecule has 2 aliphatic rings. The van der Waals surface area contributed by atoms with Crippen LogP contribution in [0.1, 0.15) is 25.3 Å². The second kappa shape index (κ2) is 9.90. The van der Waals surface area contributed by atoms with Crippen LogP contribution in [0.15, 0.2) is 53.5 Å². The van der Waals surface area contributed by atoms with E-state index in [4.69, 9.17) is 9.57 Å². The fourth-order valence-electron chi connectivity index (χ4n) is 3.81. The van der Waals surface area contributed by atoms with Crippen LogP contribution < -0.4 is 20.3 Å². The van der Waals surface area contributed by atoms with Gasteiger partial charge in [0.25, 0.3) is 0 Å². The van der Waals surface area contributed by atoms with Crippen LogP contribution in [0.25, 0.3) is 0 Å². The largest absolute Gasteiger partial charge is 0.573 e. The highest BCUT2D eigenvalue weighted by Crippen LogP contribution is 2.31. The number of benzene rings is 2. The maximum Gasteiger partial charge on any atom is 0.573 e. The molecule has 11 heteroatoms. The Balaban J connectivity index is 1.28. The number of carbonyl (C=O) groups is 1. The average Bonchev–Trinajstić information content (AvgIpc) is 3.20. The van der Waals surface area contributed by atoms with Crippen molar-refractivity contribution < 1.29 is 32.3 Å². The molecule has 0 aromatic heterocycles. The maximum atomic E-state index is 12.4. The molecular weight excluding hydrogens is 453 g/mol. The second-order valence-electron chi connectivity index (χ2n) is 7.96. The van der Waals surface area contributed by atoms with Crippen LogP contribution in [0.4, 0.5) is 18.9 Å². The topological polar surface area (TPSA) is 84.4 Å². The molecule has 4 rings (SSSR count). The van der Waals surface area contributed by atoms with Gasteiger partial charge in [0, 0.05) is 37.2 Å². The molecule has 182 valence electrons. The van der Waals surface area contributed by atoms with Crippen molar-refractivity contribution in [3.8, 4) is 11.5 Å². The molecule has 0 atom stereocenters. The van der Waals surface area contributed by atoms with Gasteiger partial charge in [-0.05, 0) is 55.5 Å². The fraction of sp³-hybridized carbons (Fsp3) is 0.391. The molecule has 0 unspecified atom stereocenters. The summed E-state index contributed by atoms with van der Waals surface area (Å²) < 4.78 is 46.3. The number of nitrogens with one attached hydrogen (secondary N) is 2. The molecule has 2 aromatic carbocycles. The van der Waals surface area contributed by atoms with Crippen molar-refractivity contribution in [2.75, 3.05) is 31.6 Å². The number of carbonyl (C=O) groups excluding carboxylic acids is 1. The number of hydrogen-bond acceptors (Lipinski definition) is 7. The van der Waals surface area contributed by atoms with Crippen molar-refractivity contribution in [3.63, 3.8) is 0 Å². The number of alkyl halides is 3. The van der Waals surface area contributed by atoms with Gasteiger partial charge in [0.05, 0.1) is 13.2 Å². The first-order valence-electron chi connectivity index (χ1n) is 10.9. The summed E-state index contributed by atoms with van der Waals surface area (Å²) >= 11 is 0. The summed E-state index contributed by atoms with van der Waals surface area (Å²) in [5.74, 6) is 0.774. The third-order valence-corrected chi connectivity index (χ3v) is 5.47. The number of anilines is 1. The molecule has 2 aliphatic heterocycles. The van der Waals surface area contributed by atoms with Crippen molar-refractivity contribution in [2.24, 2.45) is 4.99 Å². The van der Waals surface area contributed by atoms with Gasteiger partial charge < -0.3 is 14.8 Å². The molecule has 0 saturated carbocycles. The monoisotopic (exact) mass is 478 g/mol. The van der Waals surface area contributed by atoms with E-state index >= 15 is 0 Å². The van der Waals surface area contributed by atoms with Crippen molar-refractivity contribution >= 4 is 17.4 Å². The zero-order chi connectivity index (χ0) is 24.2. The van der Waals surface area contributed by atoms with Crippen molar-refractivity contribution in [3.05, 3.63) is 54.1 Å². The molecule has 1 fully saturated rings. The number of halogens is 3. The lowest BCUT2D eigenvalue weighted by Crippen LogP contribution is -2.46. The van der Waals surface area contributed by atoms with Gasteiger partial charge in [0.2, 0.25) is 5.91 Å². The van der Waals surface area contributed by atoms with E-state index in [9.17, 15) is 18.0 Å². The lowest BCUT2D eigenvalue weighted by Gasteiger charge is -2.35. The molecule has 2 aromatic rings. The van der Waals surface area contributed by atoms with Crippen LogP contribution in [0, 0.1) is 0 Å². The Morgan fingerprint density at radius 1 is 1.12 bits per heavy atom. The molecule has 1 amide bonds. The van der Waals surface area contributed by atoms with Crippen LogP contribution in [-0.2, 0) is 9.63 Å². The summed E-state index contributed by atoms with van der Waals surface area (Å²) in [7, 11) is 0. The van der Waals surface area contributed by atoms with Gasteiger partial charge in [0.15, 0.2) is 11.6 Å². The van der Waals surface area contributed by atoms with Gasteiger partial charge in [-0.2, -0.15) is 0 Å². The van der Waals surface area contributed by atoms with Crippen LogP contribution in [0.5, 0.6) is 11.5 Å². The van der Waals surface area contributed by atoms with Gasteiger partial charge in [-0.15, -0.1) is 13.2 Å². The van der Waals surface area contributed by atoms with E-state index in [0.29, 0.717) is 49.6 Å². The number of hydrogen-bond donors (Lipinski definition) is 2. The Morgan fingerprint density at radius 2 is 1.76 bits per heavy atom. The van der Waals surface area contributed by atoms with Gasteiger partial charge in [-0.3, -0.25) is 9.69 Å². The highest BCUT2D eigenvalue weighted by Gasteiger charge is 2.40. The van der Waals surface area contributed by atoms with E-state index in [1.54, 1.807) is 24.3 Å². The summed E-state index contributed by atoms with van der Waals surface area (Å²) in [6.07, 6.45) is -3.61.